The first-order valence-electron chi connectivity index (χ1n) is 8.50. The Balaban J connectivity index is 2.23. The summed E-state index contributed by atoms with van der Waals surface area (Å²) in [6.07, 6.45) is 4.51. The lowest BCUT2D eigenvalue weighted by molar-refractivity contribution is 0.115. The van der Waals surface area contributed by atoms with Crippen LogP contribution in [0.15, 0.2) is 0 Å². The molecule has 0 saturated carbocycles. The van der Waals surface area contributed by atoms with E-state index in [0.717, 1.165) is 19.4 Å². The molecule has 0 amide bonds. The lowest BCUT2D eigenvalue weighted by atomic mass is 9.91. The Morgan fingerprint density at radius 2 is 1.60 bits per heavy atom. The van der Waals surface area contributed by atoms with Gasteiger partial charge in [-0.25, -0.2) is 0 Å². The number of hydrogen-bond donors (Lipinski definition) is 2. The van der Waals surface area contributed by atoms with Crippen LogP contribution in [-0.2, 0) is 0 Å². The van der Waals surface area contributed by atoms with Gasteiger partial charge in [0.2, 0.25) is 0 Å². The zero-order valence-corrected chi connectivity index (χ0v) is 13.8. The molecule has 0 radical (unpaired) electrons. The van der Waals surface area contributed by atoms with Crippen LogP contribution < -0.4 is 5.32 Å². The number of hydrogen-bond acceptors (Lipinski definition) is 4. The molecule has 1 rings (SSSR count). The average molecular weight is 285 g/mol. The zero-order chi connectivity index (χ0) is 14.8. The molecule has 120 valence electrons. The number of aliphatic hydroxyl groups is 1. The Kier molecular flexibility index (Phi) is 8.69. The van der Waals surface area contributed by atoms with Crippen LogP contribution in [0.5, 0.6) is 0 Å². The second-order valence-electron chi connectivity index (χ2n) is 6.11. The van der Waals surface area contributed by atoms with E-state index < -0.39 is 0 Å². The molecule has 0 aliphatic carbocycles. The van der Waals surface area contributed by atoms with Gasteiger partial charge in [0, 0.05) is 31.7 Å². The van der Waals surface area contributed by atoms with Crippen molar-refractivity contribution in [1.82, 2.24) is 15.1 Å². The van der Waals surface area contributed by atoms with E-state index in [2.05, 4.69) is 35.9 Å². The maximum absolute atomic E-state index is 9.66. The van der Waals surface area contributed by atoms with E-state index in [1.165, 1.54) is 52.1 Å². The number of likely N-dealkylation sites (N-methyl/N-ethyl adjacent to an activating group) is 1. The predicted molar refractivity (Wildman–Crippen MR) is 86.2 cm³/mol. The van der Waals surface area contributed by atoms with Crippen LogP contribution >= 0.6 is 0 Å². The third-order valence-electron chi connectivity index (χ3n) is 4.67. The zero-order valence-electron chi connectivity index (χ0n) is 13.8. The van der Waals surface area contributed by atoms with Gasteiger partial charge in [-0.1, -0.05) is 20.8 Å². The molecule has 0 aromatic carbocycles. The monoisotopic (exact) mass is 285 g/mol. The molecule has 1 saturated heterocycles. The summed E-state index contributed by atoms with van der Waals surface area (Å²) in [6, 6.07) is 0. The molecule has 2 N–H and O–H groups in total. The van der Waals surface area contributed by atoms with E-state index in [9.17, 15) is 5.11 Å². The van der Waals surface area contributed by atoms with Gasteiger partial charge >= 0.3 is 0 Å². The average Bonchev–Trinajstić information content (AvgIpc) is 2.48. The van der Waals surface area contributed by atoms with Crippen LogP contribution in [0.3, 0.4) is 0 Å². The largest absolute Gasteiger partial charge is 0.394 e. The first-order valence-corrected chi connectivity index (χ1v) is 8.50. The Morgan fingerprint density at radius 1 is 1.00 bits per heavy atom. The summed E-state index contributed by atoms with van der Waals surface area (Å²) in [4.78, 5) is 5.15. The van der Waals surface area contributed by atoms with E-state index in [-0.39, 0.29) is 12.1 Å². The molecule has 1 unspecified atom stereocenters. The van der Waals surface area contributed by atoms with Gasteiger partial charge in [-0.3, -0.25) is 0 Å². The molecule has 1 aliphatic rings. The number of aliphatic hydroxyl groups excluding tert-OH is 1. The number of rotatable bonds is 10. The van der Waals surface area contributed by atoms with Crippen LogP contribution in [0.1, 0.15) is 46.5 Å². The maximum atomic E-state index is 9.66. The third kappa shape index (κ3) is 5.68. The highest BCUT2D eigenvalue weighted by atomic mass is 16.3. The van der Waals surface area contributed by atoms with Gasteiger partial charge < -0.3 is 20.2 Å². The highest BCUT2D eigenvalue weighted by Crippen LogP contribution is 2.17. The molecule has 20 heavy (non-hydrogen) atoms. The first-order chi connectivity index (χ1) is 9.69. The molecule has 0 bridgehead atoms. The van der Waals surface area contributed by atoms with Crippen molar-refractivity contribution in [3.8, 4) is 0 Å². The molecule has 1 aliphatic heterocycles. The molecule has 1 atom stereocenters. The fraction of sp³-hybridized carbons (Fsp3) is 1.00. The van der Waals surface area contributed by atoms with Gasteiger partial charge in [0.1, 0.15) is 0 Å². The molecule has 0 spiro atoms. The van der Waals surface area contributed by atoms with Crippen molar-refractivity contribution >= 4 is 0 Å². The van der Waals surface area contributed by atoms with E-state index in [4.69, 9.17) is 0 Å². The minimum absolute atomic E-state index is 0.0568. The van der Waals surface area contributed by atoms with E-state index in [1.807, 2.05) is 0 Å². The fourth-order valence-electron chi connectivity index (χ4n) is 3.21. The van der Waals surface area contributed by atoms with Crippen LogP contribution in [0, 0.1) is 0 Å². The maximum Gasteiger partial charge on any atom is 0.0613 e. The highest BCUT2D eigenvalue weighted by Gasteiger charge is 2.26. The van der Waals surface area contributed by atoms with Crippen LogP contribution in [0.25, 0.3) is 0 Å². The Bertz CT molecular complexity index is 236. The van der Waals surface area contributed by atoms with E-state index >= 15 is 0 Å². The molecule has 1 fully saturated rings. The minimum Gasteiger partial charge on any atom is -0.394 e. The molecule has 4 nitrogen and oxygen atoms in total. The molecule has 0 aromatic rings. The van der Waals surface area contributed by atoms with Crippen LogP contribution in [-0.4, -0.2) is 72.9 Å². The Hall–Kier alpha value is -0.160. The number of nitrogens with one attached hydrogen (secondary N) is 1. The van der Waals surface area contributed by atoms with Gasteiger partial charge in [-0.2, -0.15) is 0 Å². The lowest BCUT2D eigenvalue weighted by Gasteiger charge is -2.36. The SMILES string of the molecule is CCCN1CCN(CCCC(CC)(CO)NCC)CC1. The standard InChI is InChI=1S/C16H35N3O/c1-4-9-18-11-13-19(14-12-18)10-7-8-16(5-2,15-20)17-6-3/h17,20H,4-15H2,1-3H3. The van der Waals surface area contributed by atoms with Crippen molar-refractivity contribution in [1.29, 1.82) is 0 Å². The molecule has 4 heteroatoms. The van der Waals surface area contributed by atoms with Gasteiger partial charge in [0.15, 0.2) is 0 Å². The fourth-order valence-corrected chi connectivity index (χ4v) is 3.21. The summed E-state index contributed by atoms with van der Waals surface area (Å²) >= 11 is 0. The smallest absolute Gasteiger partial charge is 0.0613 e. The van der Waals surface area contributed by atoms with Crippen molar-refractivity contribution < 1.29 is 5.11 Å². The van der Waals surface area contributed by atoms with Gasteiger partial charge in [0.05, 0.1) is 6.61 Å². The first kappa shape index (κ1) is 17.9. The second-order valence-corrected chi connectivity index (χ2v) is 6.11. The lowest BCUT2D eigenvalue weighted by Crippen LogP contribution is -2.49. The van der Waals surface area contributed by atoms with E-state index in [0.29, 0.717) is 0 Å². The summed E-state index contributed by atoms with van der Waals surface area (Å²) in [5, 5.41) is 13.1. The topological polar surface area (TPSA) is 38.7 Å². The van der Waals surface area contributed by atoms with Gasteiger partial charge in [-0.15, -0.1) is 0 Å². The molecular formula is C16H35N3O. The highest BCUT2D eigenvalue weighted by molar-refractivity contribution is 4.86. The van der Waals surface area contributed by atoms with Gasteiger partial charge in [-0.05, 0) is 45.3 Å². The van der Waals surface area contributed by atoms with Gasteiger partial charge in [0.25, 0.3) is 0 Å². The van der Waals surface area contributed by atoms with Crippen molar-refractivity contribution in [2.45, 2.75) is 52.0 Å². The van der Waals surface area contributed by atoms with Crippen molar-refractivity contribution in [2.24, 2.45) is 0 Å². The van der Waals surface area contributed by atoms with E-state index in [1.54, 1.807) is 0 Å². The summed E-state index contributed by atoms with van der Waals surface area (Å²) in [5.74, 6) is 0. The van der Waals surface area contributed by atoms with Crippen molar-refractivity contribution in [3.63, 3.8) is 0 Å². The second kappa shape index (κ2) is 9.72. The van der Waals surface area contributed by atoms with Crippen LogP contribution in [0.4, 0.5) is 0 Å². The number of nitrogens with zero attached hydrogens (tertiary/aromatic N) is 2. The summed E-state index contributed by atoms with van der Waals surface area (Å²) in [5.41, 5.74) is -0.0568. The normalized spacial score (nSPS) is 21.0. The summed E-state index contributed by atoms with van der Waals surface area (Å²) < 4.78 is 0. The molecule has 0 aromatic heterocycles. The van der Waals surface area contributed by atoms with Crippen molar-refractivity contribution in [3.05, 3.63) is 0 Å². The molecular weight excluding hydrogens is 250 g/mol. The molecule has 1 heterocycles. The quantitative estimate of drug-likeness (QED) is 0.639. The summed E-state index contributed by atoms with van der Waals surface area (Å²) in [6.45, 7) is 15.0. The predicted octanol–water partition coefficient (Wildman–Crippen LogP) is 1.54. The van der Waals surface area contributed by atoms with Crippen LogP contribution in [0.2, 0.25) is 0 Å². The number of piperazine rings is 1. The minimum atomic E-state index is -0.0568. The Labute approximate surface area is 125 Å². The summed E-state index contributed by atoms with van der Waals surface area (Å²) in [7, 11) is 0. The van der Waals surface area contributed by atoms with Crippen molar-refractivity contribution in [2.75, 3.05) is 52.4 Å². The third-order valence-corrected chi connectivity index (χ3v) is 4.67. The Morgan fingerprint density at radius 3 is 2.05 bits per heavy atom.